The van der Waals surface area contributed by atoms with Gasteiger partial charge in [-0.15, -0.1) is 0 Å². The van der Waals surface area contributed by atoms with E-state index in [1.807, 2.05) is 0 Å². The van der Waals surface area contributed by atoms with E-state index in [0.29, 0.717) is 39.3 Å². The Bertz CT molecular complexity index is 1270. The zero-order valence-corrected chi connectivity index (χ0v) is 19.7. The summed E-state index contributed by atoms with van der Waals surface area (Å²) in [5, 5.41) is 0.468. The average molecular weight is 502 g/mol. The van der Waals surface area contributed by atoms with Crippen molar-refractivity contribution in [3.05, 3.63) is 86.4 Å². The molecule has 33 heavy (non-hydrogen) atoms. The molecule has 168 valence electrons. The van der Waals surface area contributed by atoms with Crippen molar-refractivity contribution in [2.75, 3.05) is 6.61 Å². The third-order valence-electron chi connectivity index (χ3n) is 4.80. The van der Waals surface area contributed by atoms with Gasteiger partial charge in [0.2, 0.25) is 0 Å². The third kappa shape index (κ3) is 5.16. The molecule has 0 atom stereocenters. The number of halogens is 2. The summed E-state index contributed by atoms with van der Waals surface area (Å²) < 4.78 is 10.8. The smallest absolute Gasteiger partial charge is 0.338 e. The molecule has 1 aromatic heterocycles. The van der Waals surface area contributed by atoms with E-state index in [4.69, 9.17) is 32.4 Å². The van der Waals surface area contributed by atoms with Crippen LogP contribution in [-0.2, 0) is 16.1 Å². The number of thioether (sulfide) groups is 1. The summed E-state index contributed by atoms with van der Waals surface area (Å²) in [5.41, 5.74) is 1.83. The summed E-state index contributed by atoms with van der Waals surface area (Å²) in [5.74, 6) is 0.172. The number of furan rings is 1. The minimum atomic E-state index is -0.423. The van der Waals surface area contributed by atoms with E-state index in [-0.39, 0.29) is 17.4 Å². The minimum Gasteiger partial charge on any atom is -0.462 e. The fourth-order valence-corrected chi connectivity index (χ4v) is 4.44. The predicted molar refractivity (Wildman–Crippen MR) is 128 cm³/mol. The standard InChI is InChI=1S/C24H17Cl2NO5S/c1-2-31-23(29)15-5-3-14(4-6-15)20-10-9-18(32-20)12-21-22(28)27(24(30)33-21)13-16-7-8-17(25)11-19(16)26/h3-12H,2,13H2,1H3/b21-12+. The Morgan fingerprint density at radius 3 is 2.55 bits per heavy atom. The van der Waals surface area contributed by atoms with Gasteiger partial charge in [-0.2, -0.15) is 0 Å². The Morgan fingerprint density at radius 2 is 1.85 bits per heavy atom. The summed E-state index contributed by atoms with van der Waals surface area (Å²) in [4.78, 5) is 38.4. The van der Waals surface area contributed by atoms with Gasteiger partial charge in [-0.1, -0.05) is 41.4 Å². The van der Waals surface area contributed by atoms with Crippen molar-refractivity contribution in [3.63, 3.8) is 0 Å². The molecule has 0 aliphatic carbocycles. The number of esters is 1. The van der Waals surface area contributed by atoms with Crippen LogP contribution < -0.4 is 0 Å². The number of hydrogen-bond acceptors (Lipinski definition) is 6. The highest BCUT2D eigenvalue weighted by Gasteiger charge is 2.35. The highest BCUT2D eigenvalue weighted by molar-refractivity contribution is 8.18. The van der Waals surface area contributed by atoms with Crippen LogP contribution in [0, 0.1) is 0 Å². The first-order chi connectivity index (χ1) is 15.9. The molecular formula is C24H17Cl2NO5S. The largest absolute Gasteiger partial charge is 0.462 e. The molecular weight excluding hydrogens is 485 g/mol. The van der Waals surface area contributed by atoms with E-state index in [1.165, 1.54) is 6.08 Å². The van der Waals surface area contributed by atoms with Gasteiger partial charge < -0.3 is 9.15 Å². The molecule has 0 unspecified atom stereocenters. The van der Waals surface area contributed by atoms with Crippen LogP contribution in [0.2, 0.25) is 10.0 Å². The fourth-order valence-electron chi connectivity index (χ4n) is 3.16. The first kappa shape index (κ1) is 23.2. The molecule has 1 aliphatic heterocycles. The number of hydrogen-bond donors (Lipinski definition) is 0. The quantitative estimate of drug-likeness (QED) is 0.277. The Kier molecular flexibility index (Phi) is 6.93. The highest BCUT2D eigenvalue weighted by Crippen LogP contribution is 2.35. The zero-order chi connectivity index (χ0) is 23.5. The van der Waals surface area contributed by atoms with Crippen LogP contribution in [0.25, 0.3) is 17.4 Å². The molecule has 2 aromatic carbocycles. The number of nitrogens with zero attached hydrogens (tertiary/aromatic N) is 1. The monoisotopic (exact) mass is 501 g/mol. The molecule has 9 heteroatoms. The number of carbonyl (C=O) groups excluding carboxylic acids is 3. The van der Waals surface area contributed by atoms with Crippen molar-refractivity contribution in [2.24, 2.45) is 0 Å². The number of ether oxygens (including phenoxy) is 1. The van der Waals surface area contributed by atoms with Crippen LogP contribution in [0.3, 0.4) is 0 Å². The van der Waals surface area contributed by atoms with Crippen molar-refractivity contribution < 1.29 is 23.5 Å². The first-order valence-electron chi connectivity index (χ1n) is 9.92. The second-order valence-electron chi connectivity index (χ2n) is 7.00. The van der Waals surface area contributed by atoms with Crippen LogP contribution in [0.5, 0.6) is 0 Å². The minimum absolute atomic E-state index is 0.0498. The average Bonchev–Trinajstić information content (AvgIpc) is 3.36. The molecule has 1 aliphatic rings. The van der Waals surface area contributed by atoms with Gasteiger partial charge in [-0.25, -0.2) is 4.79 Å². The maximum absolute atomic E-state index is 12.8. The van der Waals surface area contributed by atoms with E-state index >= 15 is 0 Å². The summed E-state index contributed by atoms with van der Waals surface area (Å²) in [6.07, 6.45) is 1.53. The van der Waals surface area contributed by atoms with Crippen LogP contribution >= 0.6 is 35.0 Å². The molecule has 4 rings (SSSR count). The van der Waals surface area contributed by atoms with E-state index in [1.54, 1.807) is 61.5 Å². The maximum Gasteiger partial charge on any atom is 0.338 e. The van der Waals surface area contributed by atoms with Gasteiger partial charge in [0, 0.05) is 21.7 Å². The number of amides is 2. The molecule has 0 N–H and O–H groups in total. The van der Waals surface area contributed by atoms with Crippen LogP contribution in [0.4, 0.5) is 4.79 Å². The van der Waals surface area contributed by atoms with Crippen molar-refractivity contribution in [2.45, 2.75) is 13.5 Å². The van der Waals surface area contributed by atoms with E-state index in [2.05, 4.69) is 0 Å². The fraction of sp³-hybridized carbons (Fsp3) is 0.125. The first-order valence-corrected chi connectivity index (χ1v) is 11.5. The highest BCUT2D eigenvalue weighted by atomic mass is 35.5. The molecule has 3 aromatic rings. The van der Waals surface area contributed by atoms with E-state index < -0.39 is 11.1 Å². The molecule has 0 saturated carbocycles. The normalized spacial score (nSPS) is 14.9. The van der Waals surface area contributed by atoms with Gasteiger partial charge in [0.1, 0.15) is 11.5 Å². The van der Waals surface area contributed by atoms with Gasteiger partial charge in [0.25, 0.3) is 11.1 Å². The van der Waals surface area contributed by atoms with Gasteiger partial charge in [-0.3, -0.25) is 14.5 Å². The van der Waals surface area contributed by atoms with Gasteiger partial charge in [0.05, 0.1) is 23.6 Å². The molecule has 1 fully saturated rings. The molecule has 0 radical (unpaired) electrons. The molecule has 1 saturated heterocycles. The van der Waals surface area contributed by atoms with Crippen LogP contribution in [-0.4, -0.2) is 28.6 Å². The number of rotatable bonds is 6. The van der Waals surface area contributed by atoms with Gasteiger partial charge in [-0.05, 0) is 60.6 Å². The van der Waals surface area contributed by atoms with Crippen molar-refractivity contribution >= 4 is 58.2 Å². The Balaban J connectivity index is 1.49. The number of carbonyl (C=O) groups is 3. The summed E-state index contributed by atoms with van der Waals surface area (Å²) in [6.45, 7) is 2.10. The van der Waals surface area contributed by atoms with Crippen molar-refractivity contribution in [1.82, 2.24) is 4.90 Å². The summed E-state index contributed by atoms with van der Waals surface area (Å²) >= 11 is 12.9. The lowest BCUT2D eigenvalue weighted by Crippen LogP contribution is -2.27. The third-order valence-corrected chi connectivity index (χ3v) is 6.29. The molecule has 0 bridgehead atoms. The Labute approximate surface area is 204 Å². The number of benzene rings is 2. The molecule has 2 amide bonds. The van der Waals surface area contributed by atoms with Crippen molar-refractivity contribution in [1.29, 1.82) is 0 Å². The maximum atomic E-state index is 12.8. The Morgan fingerprint density at radius 1 is 1.09 bits per heavy atom. The van der Waals surface area contributed by atoms with Crippen LogP contribution in [0.1, 0.15) is 28.6 Å². The SMILES string of the molecule is CCOC(=O)c1ccc(-c2ccc(/C=C3/SC(=O)N(Cc4ccc(Cl)cc4Cl)C3=O)o2)cc1. The summed E-state index contributed by atoms with van der Waals surface area (Å²) in [6, 6.07) is 15.2. The lowest BCUT2D eigenvalue weighted by molar-refractivity contribution is -0.123. The van der Waals surface area contributed by atoms with Crippen LogP contribution in [0.15, 0.2) is 63.9 Å². The predicted octanol–water partition coefficient (Wildman–Crippen LogP) is 6.67. The van der Waals surface area contributed by atoms with E-state index in [9.17, 15) is 14.4 Å². The second kappa shape index (κ2) is 9.87. The Hall–Kier alpha value is -3.00. The van der Waals surface area contributed by atoms with Gasteiger partial charge in [0.15, 0.2) is 0 Å². The zero-order valence-electron chi connectivity index (χ0n) is 17.3. The molecule has 6 nitrogen and oxygen atoms in total. The molecule has 0 spiro atoms. The number of imide groups is 1. The molecule has 2 heterocycles. The topological polar surface area (TPSA) is 76.8 Å². The summed E-state index contributed by atoms with van der Waals surface area (Å²) in [7, 11) is 0. The lowest BCUT2D eigenvalue weighted by atomic mass is 10.1. The lowest BCUT2D eigenvalue weighted by Gasteiger charge is -2.13. The second-order valence-corrected chi connectivity index (χ2v) is 8.84. The van der Waals surface area contributed by atoms with E-state index in [0.717, 1.165) is 22.2 Å². The van der Waals surface area contributed by atoms with Crippen molar-refractivity contribution in [3.8, 4) is 11.3 Å². The van der Waals surface area contributed by atoms with Gasteiger partial charge >= 0.3 is 5.97 Å².